The third kappa shape index (κ3) is 4.86. The molecule has 0 radical (unpaired) electrons. The van der Waals surface area contributed by atoms with E-state index in [2.05, 4.69) is 26.0 Å². The van der Waals surface area contributed by atoms with E-state index in [1.807, 2.05) is 0 Å². The van der Waals surface area contributed by atoms with Crippen molar-refractivity contribution in [2.75, 3.05) is 0 Å². The Morgan fingerprint density at radius 2 is 1.60 bits per heavy atom. The Morgan fingerprint density at radius 3 is 2.27 bits per heavy atom. The fraction of sp³-hybridized carbons (Fsp3) is 0.867. The van der Waals surface area contributed by atoms with E-state index in [0.717, 1.165) is 11.8 Å². The molecule has 0 spiro atoms. The summed E-state index contributed by atoms with van der Waals surface area (Å²) >= 11 is 0. The van der Waals surface area contributed by atoms with Gasteiger partial charge in [-0.05, 0) is 31.1 Å². The van der Waals surface area contributed by atoms with E-state index in [4.69, 9.17) is 0 Å². The number of hydrogen-bond donors (Lipinski definition) is 0. The Bertz CT molecular complexity index is 169. The van der Waals surface area contributed by atoms with Gasteiger partial charge in [0.25, 0.3) is 0 Å². The number of rotatable bonds is 8. The van der Waals surface area contributed by atoms with Gasteiger partial charge in [-0.15, -0.1) is 0 Å². The van der Waals surface area contributed by atoms with Crippen molar-refractivity contribution in [1.29, 1.82) is 0 Å². The second-order valence-electron chi connectivity index (χ2n) is 5.08. The minimum absolute atomic E-state index is 0.924. The van der Waals surface area contributed by atoms with Crippen LogP contribution in [0.25, 0.3) is 0 Å². The fourth-order valence-corrected chi connectivity index (χ4v) is 2.71. The molecule has 0 aliphatic heterocycles. The quantitative estimate of drug-likeness (QED) is 0.373. The van der Waals surface area contributed by atoms with Gasteiger partial charge in [0.15, 0.2) is 0 Å². The normalized spacial score (nSPS) is 24.9. The second-order valence-corrected chi connectivity index (χ2v) is 5.08. The van der Waals surface area contributed by atoms with Gasteiger partial charge in [0.05, 0.1) is 0 Å². The lowest BCUT2D eigenvalue weighted by molar-refractivity contribution is 0.354. The first-order valence-electron chi connectivity index (χ1n) is 7.05. The molecular formula is C15H28. The lowest BCUT2D eigenvalue weighted by Gasteiger charge is -2.19. The maximum atomic E-state index is 2.49. The van der Waals surface area contributed by atoms with Gasteiger partial charge in [-0.1, -0.05) is 64.5 Å². The third-order valence-electron chi connectivity index (χ3n) is 3.75. The van der Waals surface area contributed by atoms with Crippen LogP contribution in [-0.2, 0) is 0 Å². The molecule has 0 N–H and O–H groups in total. The Balaban J connectivity index is 2.14. The van der Waals surface area contributed by atoms with Crippen molar-refractivity contribution in [3.05, 3.63) is 12.2 Å². The van der Waals surface area contributed by atoms with Crippen molar-refractivity contribution in [2.45, 2.75) is 71.6 Å². The highest BCUT2D eigenvalue weighted by Gasteiger charge is 2.21. The molecule has 0 nitrogen and oxygen atoms in total. The predicted octanol–water partition coefficient (Wildman–Crippen LogP) is 5.34. The average molecular weight is 208 g/mol. The van der Waals surface area contributed by atoms with Crippen molar-refractivity contribution in [3.8, 4) is 0 Å². The van der Waals surface area contributed by atoms with Crippen molar-refractivity contribution < 1.29 is 0 Å². The number of allylic oxidation sites excluding steroid dienone is 2. The Labute approximate surface area is 96.2 Å². The van der Waals surface area contributed by atoms with Gasteiger partial charge >= 0.3 is 0 Å². The van der Waals surface area contributed by atoms with Crippen molar-refractivity contribution in [2.24, 2.45) is 11.8 Å². The van der Waals surface area contributed by atoms with Crippen molar-refractivity contribution in [1.82, 2.24) is 0 Å². The summed E-state index contributed by atoms with van der Waals surface area (Å²) in [6.07, 6.45) is 17.7. The summed E-state index contributed by atoms with van der Waals surface area (Å²) in [5.41, 5.74) is 0. The van der Waals surface area contributed by atoms with Crippen molar-refractivity contribution >= 4 is 0 Å². The molecule has 0 saturated carbocycles. The molecule has 15 heavy (non-hydrogen) atoms. The topological polar surface area (TPSA) is 0 Å². The SMILES string of the molecule is CCCCCC1C=CCC1CCCCC. The zero-order valence-corrected chi connectivity index (χ0v) is 10.7. The molecule has 0 fully saturated rings. The lowest BCUT2D eigenvalue weighted by Crippen LogP contribution is -2.08. The molecule has 1 aliphatic carbocycles. The highest BCUT2D eigenvalue weighted by molar-refractivity contribution is 5.00. The van der Waals surface area contributed by atoms with Crippen LogP contribution in [0, 0.1) is 11.8 Å². The Kier molecular flexibility index (Phi) is 6.80. The first kappa shape index (κ1) is 12.8. The molecule has 0 aromatic rings. The highest BCUT2D eigenvalue weighted by atomic mass is 14.3. The molecule has 0 aromatic carbocycles. The van der Waals surface area contributed by atoms with Crippen LogP contribution in [0.1, 0.15) is 71.6 Å². The molecule has 0 heterocycles. The predicted molar refractivity (Wildman–Crippen MR) is 69.0 cm³/mol. The van der Waals surface area contributed by atoms with E-state index in [9.17, 15) is 0 Å². The smallest absolute Gasteiger partial charge is 0.0202 e. The lowest BCUT2D eigenvalue weighted by atomic mass is 9.86. The molecule has 0 aromatic heterocycles. The molecule has 2 unspecified atom stereocenters. The van der Waals surface area contributed by atoms with E-state index < -0.39 is 0 Å². The molecule has 0 heteroatoms. The highest BCUT2D eigenvalue weighted by Crippen LogP contribution is 2.33. The zero-order chi connectivity index (χ0) is 10.9. The fourth-order valence-electron chi connectivity index (χ4n) is 2.71. The zero-order valence-electron chi connectivity index (χ0n) is 10.7. The van der Waals surface area contributed by atoms with Crippen LogP contribution in [0.15, 0.2) is 12.2 Å². The van der Waals surface area contributed by atoms with Crippen molar-refractivity contribution in [3.63, 3.8) is 0 Å². The molecule has 0 bridgehead atoms. The third-order valence-corrected chi connectivity index (χ3v) is 3.75. The Hall–Kier alpha value is -0.260. The van der Waals surface area contributed by atoms with E-state index in [1.54, 1.807) is 0 Å². The van der Waals surface area contributed by atoms with Gasteiger partial charge in [0, 0.05) is 0 Å². The minimum atomic E-state index is 0.924. The maximum Gasteiger partial charge on any atom is -0.0202 e. The van der Waals surface area contributed by atoms with Gasteiger partial charge in [-0.3, -0.25) is 0 Å². The average Bonchev–Trinajstić information content (AvgIpc) is 2.67. The first-order valence-corrected chi connectivity index (χ1v) is 7.05. The molecular weight excluding hydrogens is 180 g/mol. The monoisotopic (exact) mass is 208 g/mol. The summed E-state index contributed by atoms with van der Waals surface area (Å²) in [6.45, 7) is 4.59. The van der Waals surface area contributed by atoms with Crippen LogP contribution >= 0.6 is 0 Å². The molecule has 88 valence electrons. The number of hydrogen-bond acceptors (Lipinski definition) is 0. The summed E-state index contributed by atoms with van der Waals surface area (Å²) in [5.74, 6) is 1.92. The van der Waals surface area contributed by atoms with Gasteiger partial charge < -0.3 is 0 Å². The maximum absolute atomic E-state index is 2.49. The summed E-state index contributed by atoms with van der Waals surface area (Å²) in [6, 6.07) is 0. The van der Waals surface area contributed by atoms with Crippen LogP contribution in [0.4, 0.5) is 0 Å². The molecule has 0 saturated heterocycles. The molecule has 2 atom stereocenters. The largest absolute Gasteiger partial charge is 0.0880 e. The van der Waals surface area contributed by atoms with Crippen LogP contribution < -0.4 is 0 Å². The summed E-state index contributed by atoms with van der Waals surface area (Å²) in [4.78, 5) is 0. The molecule has 1 rings (SSSR count). The summed E-state index contributed by atoms with van der Waals surface area (Å²) < 4.78 is 0. The van der Waals surface area contributed by atoms with E-state index >= 15 is 0 Å². The van der Waals surface area contributed by atoms with E-state index in [-0.39, 0.29) is 0 Å². The minimum Gasteiger partial charge on any atom is -0.0880 e. The second kappa shape index (κ2) is 7.96. The van der Waals surface area contributed by atoms with Gasteiger partial charge in [-0.25, -0.2) is 0 Å². The van der Waals surface area contributed by atoms with Gasteiger partial charge in [0.1, 0.15) is 0 Å². The van der Waals surface area contributed by atoms with Crippen LogP contribution in [0.3, 0.4) is 0 Å². The van der Waals surface area contributed by atoms with Crippen LogP contribution in [0.5, 0.6) is 0 Å². The summed E-state index contributed by atoms with van der Waals surface area (Å²) in [7, 11) is 0. The first-order chi connectivity index (χ1) is 7.38. The molecule has 0 amide bonds. The van der Waals surface area contributed by atoms with Crippen LogP contribution in [0.2, 0.25) is 0 Å². The van der Waals surface area contributed by atoms with E-state index in [1.165, 1.54) is 57.8 Å². The van der Waals surface area contributed by atoms with Gasteiger partial charge in [-0.2, -0.15) is 0 Å². The van der Waals surface area contributed by atoms with Gasteiger partial charge in [0.2, 0.25) is 0 Å². The summed E-state index contributed by atoms with van der Waals surface area (Å²) in [5, 5.41) is 0. The number of unbranched alkanes of at least 4 members (excludes halogenated alkanes) is 4. The standard InChI is InChI=1S/C15H28/c1-3-5-7-10-14-12-9-13-15(14)11-8-6-4-2/h9,12,14-15H,3-8,10-11,13H2,1-2H3. The van der Waals surface area contributed by atoms with E-state index in [0.29, 0.717) is 0 Å². The van der Waals surface area contributed by atoms with Crippen LogP contribution in [-0.4, -0.2) is 0 Å². The molecule has 1 aliphatic rings. The Morgan fingerprint density at radius 1 is 0.933 bits per heavy atom.